The Kier molecular flexibility index (Phi) is 5.79. The fourth-order valence-corrected chi connectivity index (χ4v) is 2.17. The highest BCUT2D eigenvalue weighted by molar-refractivity contribution is 5.86. The molecule has 1 aromatic rings. The number of unbranched alkanes of at least 4 members (excludes halogenated alkanes) is 1. The molecule has 0 aromatic heterocycles. The van der Waals surface area contributed by atoms with E-state index in [1.165, 1.54) is 6.08 Å². The lowest BCUT2D eigenvalue weighted by atomic mass is 9.95. The van der Waals surface area contributed by atoms with Crippen LogP contribution in [0.1, 0.15) is 42.0 Å². The Bertz CT molecular complexity index is 568. The fourth-order valence-electron chi connectivity index (χ4n) is 2.17. The third-order valence-corrected chi connectivity index (χ3v) is 3.15. The maximum Gasteiger partial charge on any atom is 0.328 e. The van der Waals surface area contributed by atoms with Crippen molar-refractivity contribution in [2.24, 2.45) is 0 Å². The van der Waals surface area contributed by atoms with E-state index in [1.54, 1.807) is 7.11 Å². The maximum absolute atomic E-state index is 10.6. The van der Waals surface area contributed by atoms with Gasteiger partial charge in [0, 0.05) is 11.6 Å². The van der Waals surface area contributed by atoms with Gasteiger partial charge in [0.2, 0.25) is 0 Å². The van der Waals surface area contributed by atoms with Gasteiger partial charge in [-0.25, -0.2) is 4.79 Å². The van der Waals surface area contributed by atoms with Crippen LogP contribution in [0.2, 0.25) is 0 Å². The molecule has 1 rings (SSSR count). The van der Waals surface area contributed by atoms with Gasteiger partial charge in [0.05, 0.1) is 12.7 Å². The van der Waals surface area contributed by atoms with Crippen LogP contribution in [0.15, 0.2) is 12.1 Å². The van der Waals surface area contributed by atoms with Crippen LogP contribution in [0, 0.1) is 18.3 Å². The number of rotatable bonds is 6. The van der Waals surface area contributed by atoms with Crippen LogP contribution in [-0.2, 0) is 11.2 Å². The molecule has 0 atom stereocenters. The molecule has 0 spiro atoms. The molecule has 0 aliphatic rings. The summed E-state index contributed by atoms with van der Waals surface area (Å²) < 4.78 is 5.40. The molecule has 4 heteroatoms. The topological polar surface area (TPSA) is 70.3 Å². The van der Waals surface area contributed by atoms with Crippen molar-refractivity contribution in [3.63, 3.8) is 0 Å². The van der Waals surface area contributed by atoms with Crippen LogP contribution in [0.4, 0.5) is 0 Å². The summed E-state index contributed by atoms with van der Waals surface area (Å²) in [6, 6.07) is 3.97. The van der Waals surface area contributed by atoms with Gasteiger partial charge < -0.3 is 9.84 Å². The van der Waals surface area contributed by atoms with Crippen LogP contribution in [-0.4, -0.2) is 18.2 Å². The Morgan fingerprint density at radius 1 is 1.55 bits per heavy atom. The van der Waals surface area contributed by atoms with Gasteiger partial charge in [0.1, 0.15) is 11.8 Å². The second-order valence-corrected chi connectivity index (χ2v) is 4.55. The number of carbonyl (C=O) groups is 1. The summed E-state index contributed by atoms with van der Waals surface area (Å²) in [5, 5.41) is 18.0. The summed E-state index contributed by atoms with van der Waals surface area (Å²) in [7, 11) is 1.59. The number of hydrogen-bond donors (Lipinski definition) is 1. The highest BCUT2D eigenvalue weighted by Gasteiger charge is 2.14. The number of benzene rings is 1. The van der Waals surface area contributed by atoms with E-state index >= 15 is 0 Å². The predicted octanol–water partition coefficient (Wildman–Crippen LogP) is 3.32. The number of nitriles is 1. The number of ether oxygens (including phenoxy) is 1. The van der Waals surface area contributed by atoms with E-state index in [9.17, 15) is 10.1 Å². The zero-order chi connectivity index (χ0) is 15.1. The van der Waals surface area contributed by atoms with Gasteiger partial charge in [0.25, 0.3) is 0 Å². The molecule has 106 valence electrons. The minimum atomic E-state index is -1.03. The molecule has 0 saturated carbocycles. The van der Waals surface area contributed by atoms with Gasteiger partial charge >= 0.3 is 5.97 Å². The Morgan fingerprint density at radius 3 is 2.75 bits per heavy atom. The molecule has 0 aliphatic carbocycles. The molecular weight excluding hydrogens is 254 g/mol. The van der Waals surface area contributed by atoms with Gasteiger partial charge in [0.15, 0.2) is 0 Å². The van der Waals surface area contributed by atoms with Crippen LogP contribution >= 0.6 is 0 Å². The zero-order valence-corrected chi connectivity index (χ0v) is 12.1. The quantitative estimate of drug-likeness (QED) is 0.807. The Balaban J connectivity index is 3.39. The first-order chi connectivity index (χ1) is 9.54. The van der Waals surface area contributed by atoms with E-state index < -0.39 is 5.97 Å². The van der Waals surface area contributed by atoms with E-state index in [0.717, 1.165) is 42.2 Å². The largest absolute Gasteiger partial charge is 0.496 e. The first kappa shape index (κ1) is 15.8. The van der Waals surface area contributed by atoms with Crippen molar-refractivity contribution in [2.45, 2.75) is 33.1 Å². The second-order valence-electron chi connectivity index (χ2n) is 4.55. The zero-order valence-electron chi connectivity index (χ0n) is 12.1. The summed E-state index contributed by atoms with van der Waals surface area (Å²) in [5.74, 6) is -0.306. The fraction of sp³-hybridized carbons (Fsp3) is 0.375. The van der Waals surface area contributed by atoms with E-state index in [-0.39, 0.29) is 0 Å². The van der Waals surface area contributed by atoms with E-state index in [4.69, 9.17) is 9.84 Å². The van der Waals surface area contributed by atoms with Crippen molar-refractivity contribution in [1.29, 1.82) is 5.26 Å². The molecule has 0 heterocycles. The summed E-state index contributed by atoms with van der Waals surface area (Å²) in [5.41, 5.74) is 2.85. The molecular formula is C16H19NO3. The number of carboxylic acids is 1. The van der Waals surface area contributed by atoms with Gasteiger partial charge in [-0.1, -0.05) is 13.3 Å². The van der Waals surface area contributed by atoms with Crippen molar-refractivity contribution in [1.82, 2.24) is 0 Å². The normalized spacial score (nSPS) is 10.5. The van der Waals surface area contributed by atoms with E-state index in [2.05, 4.69) is 13.0 Å². The van der Waals surface area contributed by atoms with Crippen LogP contribution in [0.3, 0.4) is 0 Å². The SMILES string of the molecule is CCCCc1cc(/C=C/C(=O)O)c(C#N)c(C)c1OC. The average Bonchev–Trinajstić information content (AvgIpc) is 2.42. The lowest BCUT2D eigenvalue weighted by molar-refractivity contribution is -0.131. The van der Waals surface area contributed by atoms with Crippen molar-refractivity contribution in [3.05, 3.63) is 34.4 Å². The van der Waals surface area contributed by atoms with Gasteiger partial charge in [-0.2, -0.15) is 5.26 Å². The van der Waals surface area contributed by atoms with Crippen LogP contribution < -0.4 is 4.74 Å². The standard InChI is InChI=1S/C16H19NO3/c1-4-5-6-13-9-12(7-8-15(18)19)14(10-17)11(2)16(13)20-3/h7-9H,4-6H2,1-3H3,(H,18,19)/b8-7+. The molecule has 0 fully saturated rings. The van der Waals surface area contributed by atoms with Crippen LogP contribution in [0.25, 0.3) is 6.08 Å². The Hall–Kier alpha value is -2.28. The molecule has 0 saturated heterocycles. The molecule has 1 N–H and O–H groups in total. The Morgan fingerprint density at radius 2 is 2.25 bits per heavy atom. The average molecular weight is 273 g/mol. The minimum absolute atomic E-state index is 0.458. The summed E-state index contributed by atoms with van der Waals surface area (Å²) >= 11 is 0. The van der Waals surface area contributed by atoms with Crippen molar-refractivity contribution < 1.29 is 14.6 Å². The first-order valence-corrected chi connectivity index (χ1v) is 6.56. The Labute approximate surface area is 119 Å². The van der Waals surface area contributed by atoms with Gasteiger partial charge in [-0.05, 0) is 43.0 Å². The summed E-state index contributed by atoms with van der Waals surface area (Å²) in [6.07, 6.45) is 5.43. The lowest BCUT2D eigenvalue weighted by Crippen LogP contribution is -2.00. The molecule has 20 heavy (non-hydrogen) atoms. The first-order valence-electron chi connectivity index (χ1n) is 6.56. The van der Waals surface area contributed by atoms with Crippen molar-refractivity contribution >= 4 is 12.0 Å². The third-order valence-electron chi connectivity index (χ3n) is 3.15. The van der Waals surface area contributed by atoms with E-state index in [0.29, 0.717) is 11.1 Å². The number of carboxylic acid groups (broad SMARTS) is 1. The number of aryl methyl sites for hydroxylation is 1. The van der Waals surface area contributed by atoms with Crippen molar-refractivity contribution in [3.8, 4) is 11.8 Å². The molecule has 0 aliphatic heterocycles. The van der Waals surface area contributed by atoms with Crippen molar-refractivity contribution in [2.75, 3.05) is 7.11 Å². The molecule has 4 nitrogen and oxygen atoms in total. The van der Waals surface area contributed by atoms with E-state index in [1.807, 2.05) is 13.0 Å². The smallest absolute Gasteiger partial charge is 0.328 e. The van der Waals surface area contributed by atoms with Gasteiger partial charge in [-0.3, -0.25) is 0 Å². The third kappa shape index (κ3) is 3.61. The molecule has 0 unspecified atom stereocenters. The highest BCUT2D eigenvalue weighted by atomic mass is 16.5. The predicted molar refractivity (Wildman–Crippen MR) is 77.7 cm³/mol. The highest BCUT2D eigenvalue weighted by Crippen LogP contribution is 2.31. The van der Waals surface area contributed by atoms with Crippen LogP contribution in [0.5, 0.6) is 5.75 Å². The number of hydrogen-bond acceptors (Lipinski definition) is 3. The van der Waals surface area contributed by atoms with Gasteiger partial charge in [-0.15, -0.1) is 0 Å². The maximum atomic E-state index is 10.6. The summed E-state index contributed by atoms with van der Waals surface area (Å²) in [6.45, 7) is 3.93. The lowest BCUT2D eigenvalue weighted by Gasteiger charge is -2.14. The molecule has 1 aromatic carbocycles. The number of nitrogens with zero attached hydrogens (tertiary/aromatic N) is 1. The monoisotopic (exact) mass is 273 g/mol. The molecule has 0 radical (unpaired) electrons. The molecule has 0 amide bonds. The second kappa shape index (κ2) is 7.34. The molecule has 0 bridgehead atoms. The summed E-state index contributed by atoms with van der Waals surface area (Å²) in [4.78, 5) is 10.6. The number of methoxy groups -OCH3 is 1. The minimum Gasteiger partial charge on any atom is -0.496 e. The number of aliphatic carboxylic acids is 1.